The Bertz CT molecular complexity index is 316. The van der Waals surface area contributed by atoms with Gasteiger partial charge in [-0.25, -0.2) is 0 Å². The number of carbonyl (C=O) groups is 1. The van der Waals surface area contributed by atoms with Crippen LogP contribution in [0.15, 0.2) is 24.3 Å². The van der Waals surface area contributed by atoms with Crippen molar-refractivity contribution in [3.8, 4) is 0 Å². The zero-order chi connectivity index (χ0) is 9.68. The van der Waals surface area contributed by atoms with Gasteiger partial charge in [-0.3, -0.25) is 9.59 Å². The van der Waals surface area contributed by atoms with Gasteiger partial charge in [0.15, 0.2) is 5.78 Å². The minimum absolute atomic E-state index is 0.0152. The standard InChI is InChI=1S/C11H11O2/c1-2-5-11(13)10-7-4-3-6-9(10)8-12/h3-4,6-7H,2,5H2,1H3. The molecule has 0 fully saturated rings. The largest absolute Gasteiger partial charge is 0.294 e. The van der Waals surface area contributed by atoms with E-state index in [9.17, 15) is 9.59 Å². The van der Waals surface area contributed by atoms with Crippen LogP contribution in [0, 0.1) is 0 Å². The summed E-state index contributed by atoms with van der Waals surface area (Å²) in [5.41, 5.74) is 0.848. The Morgan fingerprint density at radius 3 is 2.69 bits per heavy atom. The summed E-state index contributed by atoms with van der Waals surface area (Å²) in [7, 11) is 0. The first-order chi connectivity index (χ1) is 6.29. The van der Waals surface area contributed by atoms with E-state index >= 15 is 0 Å². The first-order valence-corrected chi connectivity index (χ1v) is 4.30. The number of rotatable bonds is 4. The van der Waals surface area contributed by atoms with Gasteiger partial charge in [-0.1, -0.05) is 31.2 Å². The molecule has 0 N–H and O–H groups in total. The fraction of sp³-hybridized carbons (Fsp3) is 0.273. The van der Waals surface area contributed by atoms with Crippen LogP contribution in [0.3, 0.4) is 0 Å². The summed E-state index contributed by atoms with van der Waals surface area (Å²) in [5, 5.41) is 0. The SMILES string of the molecule is CCCC(=O)c1ccccc1[C]=O. The Hall–Kier alpha value is -1.44. The molecule has 1 aromatic carbocycles. The molecule has 0 atom stereocenters. The third-order valence-electron chi connectivity index (χ3n) is 1.81. The van der Waals surface area contributed by atoms with Crippen molar-refractivity contribution in [2.24, 2.45) is 0 Å². The molecule has 0 aliphatic carbocycles. The highest BCUT2D eigenvalue weighted by Crippen LogP contribution is 2.09. The molecule has 0 aliphatic heterocycles. The first-order valence-electron chi connectivity index (χ1n) is 4.30. The topological polar surface area (TPSA) is 34.1 Å². The maximum Gasteiger partial charge on any atom is 0.234 e. The van der Waals surface area contributed by atoms with E-state index in [4.69, 9.17) is 0 Å². The minimum Gasteiger partial charge on any atom is -0.294 e. The van der Waals surface area contributed by atoms with Crippen molar-refractivity contribution in [1.82, 2.24) is 0 Å². The summed E-state index contributed by atoms with van der Waals surface area (Å²) >= 11 is 0. The number of hydrogen-bond donors (Lipinski definition) is 0. The summed E-state index contributed by atoms with van der Waals surface area (Å²) in [4.78, 5) is 21.9. The molecule has 0 aliphatic rings. The van der Waals surface area contributed by atoms with Gasteiger partial charge < -0.3 is 0 Å². The molecule has 0 amide bonds. The highest BCUT2D eigenvalue weighted by Gasteiger charge is 2.08. The predicted molar refractivity (Wildman–Crippen MR) is 50.5 cm³/mol. The van der Waals surface area contributed by atoms with Gasteiger partial charge in [-0.2, -0.15) is 0 Å². The van der Waals surface area contributed by atoms with Gasteiger partial charge in [0.25, 0.3) is 0 Å². The predicted octanol–water partition coefficient (Wildman–Crippen LogP) is 2.13. The molecule has 1 rings (SSSR count). The number of ketones is 1. The van der Waals surface area contributed by atoms with Gasteiger partial charge in [-0.05, 0) is 6.42 Å². The van der Waals surface area contributed by atoms with E-state index in [1.54, 1.807) is 30.6 Å². The van der Waals surface area contributed by atoms with Crippen LogP contribution in [0.4, 0.5) is 0 Å². The maximum absolute atomic E-state index is 11.4. The average Bonchev–Trinajstić information content (AvgIpc) is 2.18. The lowest BCUT2D eigenvalue weighted by atomic mass is 10.0. The van der Waals surface area contributed by atoms with E-state index in [-0.39, 0.29) is 5.78 Å². The van der Waals surface area contributed by atoms with Crippen molar-refractivity contribution in [3.63, 3.8) is 0 Å². The molecule has 0 bridgehead atoms. The molecule has 0 spiro atoms. The molecule has 1 radical (unpaired) electrons. The zero-order valence-electron chi connectivity index (χ0n) is 7.54. The molecular formula is C11H11O2. The van der Waals surface area contributed by atoms with Crippen LogP contribution in [0.5, 0.6) is 0 Å². The third kappa shape index (κ3) is 2.25. The molecule has 67 valence electrons. The Kier molecular flexibility index (Phi) is 3.38. The fourth-order valence-electron chi connectivity index (χ4n) is 1.18. The van der Waals surface area contributed by atoms with Crippen LogP contribution < -0.4 is 0 Å². The van der Waals surface area contributed by atoms with Crippen molar-refractivity contribution < 1.29 is 9.59 Å². The zero-order valence-corrected chi connectivity index (χ0v) is 7.54. The number of carbonyl (C=O) groups excluding carboxylic acids is 2. The van der Waals surface area contributed by atoms with E-state index in [0.29, 0.717) is 17.5 Å². The molecule has 0 heterocycles. The molecule has 0 aromatic heterocycles. The van der Waals surface area contributed by atoms with Crippen LogP contribution in [0.2, 0.25) is 0 Å². The lowest BCUT2D eigenvalue weighted by Gasteiger charge is -2.00. The van der Waals surface area contributed by atoms with E-state index in [2.05, 4.69) is 0 Å². The van der Waals surface area contributed by atoms with Crippen molar-refractivity contribution in [1.29, 1.82) is 0 Å². The molecule has 0 unspecified atom stereocenters. The summed E-state index contributed by atoms with van der Waals surface area (Å²) in [6.07, 6.45) is 3.05. The highest BCUT2D eigenvalue weighted by atomic mass is 16.1. The first kappa shape index (κ1) is 9.65. The summed E-state index contributed by atoms with van der Waals surface area (Å²) in [5.74, 6) is 0.0152. The lowest BCUT2D eigenvalue weighted by molar-refractivity contribution is 0.0981. The van der Waals surface area contributed by atoms with E-state index in [1.807, 2.05) is 6.92 Å². The third-order valence-corrected chi connectivity index (χ3v) is 1.81. The van der Waals surface area contributed by atoms with Crippen LogP contribution in [-0.2, 0) is 4.79 Å². The second-order valence-corrected chi connectivity index (χ2v) is 2.82. The Morgan fingerprint density at radius 1 is 1.38 bits per heavy atom. The van der Waals surface area contributed by atoms with Crippen LogP contribution >= 0.6 is 0 Å². The molecule has 13 heavy (non-hydrogen) atoms. The van der Waals surface area contributed by atoms with Gasteiger partial charge in [0.1, 0.15) is 0 Å². The van der Waals surface area contributed by atoms with E-state index in [1.165, 1.54) is 0 Å². The summed E-state index contributed by atoms with van der Waals surface area (Å²) in [6, 6.07) is 6.75. The van der Waals surface area contributed by atoms with E-state index < -0.39 is 0 Å². The average molecular weight is 175 g/mol. The molecule has 2 heteroatoms. The van der Waals surface area contributed by atoms with Crippen LogP contribution in [0.25, 0.3) is 0 Å². The number of hydrogen-bond acceptors (Lipinski definition) is 2. The normalized spacial score (nSPS) is 9.62. The van der Waals surface area contributed by atoms with Crippen molar-refractivity contribution in [2.75, 3.05) is 0 Å². The van der Waals surface area contributed by atoms with Gasteiger partial charge in [-0.15, -0.1) is 0 Å². The minimum atomic E-state index is 0.0152. The van der Waals surface area contributed by atoms with Crippen molar-refractivity contribution >= 4 is 12.1 Å². The lowest BCUT2D eigenvalue weighted by Crippen LogP contribution is -2.02. The quantitative estimate of drug-likeness (QED) is 0.657. The molecule has 0 saturated heterocycles. The number of benzene rings is 1. The number of Topliss-reactive ketones (excluding diaryl/α,β-unsaturated/α-hetero) is 1. The smallest absolute Gasteiger partial charge is 0.234 e. The van der Waals surface area contributed by atoms with Gasteiger partial charge in [0.05, 0.1) is 0 Å². The van der Waals surface area contributed by atoms with E-state index in [0.717, 1.165) is 6.42 Å². The van der Waals surface area contributed by atoms with Gasteiger partial charge in [0, 0.05) is 17.5 Å². The highest BCUT2D eigenvalue weighted by molar-refractivity contribution is 6.02. The van der Waals surface area contributed by atoms with Gasteiger partial charge in [0.2, 0.25) is 6.29 Å². The van der Waals surface area contributed by atoms with Crippen LogP contribution in [-0.4, -0.2) is 12.1 Å². The Labute approximate surface area is 77.6 Å². The van der Waals surface area contributed by atoms with Crippen molar-refractivity contribution in [3.05, 3.63) is 35.4 Å². The maximum atomic E-state index is 11.4. The molecule has 1 aromatic rings. The monoisotopic (exact) mass is 175 g/mol. The fourth-order valence-corrected chi connectivity index (χ4v) is 1.18. The molecule has 0 saturated carbocycles. The Balaban J connectivity index is 2.98. The second-order valence-electron chi connectivity index (χ2n) is 2.82. The molecular weight excluding hydrogens is 164 g/mol. The van der Waals surface area contributed by atoms with Gasteiger partial charge >= 0.3 is 0 Å². The van der Waals surface area contributed by atoms with Crippen LogP contribution in [0.1, 0.15) is 35.7 Å². The van der Waals surface area contributed by atoms with Crippen molar-refractivity contribution in [2.45, 2.75) is 19.8 Å². The summed E-state index contributed by atoms with van der Waals surface area (Å²) < 4.78 is 0. The summed E-state index contributed by atoms with van der Waals surface area (Å²) in [6.45, 7) is 1.94. The second kappa shape index (κ2) is 4.55. The molecule has 2 nitrogen and oxygen atoms in total. The Morgan fingerprint density at radius 2 is 2.08 bits per heavy atom.